The number of hydrogen-bond donors (Lipinski definition) is 1. The van der Waals surface area contributed by atoms with Crippen molar-refractivity contribution in [3.8, 4) is 6.07 Å². The normalized spacial score (nSPS) is 24.0. The minimum absolute atomic E-state index is 0.0512. The van der Waals surface area contributed by atoms with Crippen LogP contribution in [0.3, 0.4) is 0 Å². The highest BCUT2D eigenvalue weighted by atomic mass is 16.2. The zero-order valence-electron chi connectivity index (χ0n) is 10.5. The second kappa shape index (κ2) is 5.54. The number of nitriles is 1. The maximum atomic E-state index is 12.0. The van der Waals surface area contributed by atoms with Crippen LogP contribution >= 0.6 is 0 Å². The van der Waals surface area contributed by atoms with Gasteiger partial charge in [0, 0.05) is 18.8 Å². The van der Waals surface area contributed by atoms with Crippen molar-refractivity contribution < 1.29 is 4.79 Å². The van der Waals surface area contributed by atoms with Crippen LogP contribution in [0.25, 0.3) is 0 Å². The highest BCUT2D eigenvalue weighted by molar-refractivity contribution is 5.86. The molecule has 1 fully saturated rings. The van der Waals surface area contributed by atoms with E-state index in [4.69, 9.17) is 5.26 Å². The standard InChI is InChI=1S/C14H17N3O/c1-11-9-16-14(18)13(7-8-15)17(10-11)12-5-3-2-4-6-12/h2-6,11,13H,7,9-10H2,1H3,(H,16,18). The van der Waals surface area contributed by atoms with Gasteiger partial charge in [0.25, 0.3) is 0 Å². The summed E-state index contributed by atoms with van der Waals surface area (Å²) in [6.45, 7) is 3.56. The van der Waals surface area contributed by atoms with Gasteiger partial charge in [-0.3, -0.25) is 4.79 Å². The fraction of sp³-hybridized carbons (Fsp3) is 0.429. The van der Waals surface area contributed by atoms with Crippen molar-refractivity contribution in [2.24, 2.45) is 5.92 Å². The van der Waals surface area contributed by atoms with E-state index in [-0.39, 0.29) is 18.4 Å². The van der Waals surface area contributed by atoms with Crippen LogP contribution in [0.15, 0.2) is 30.3 Å². The first-order valence-electron chi connectivity index (χ1n) is 6.18. The van der Waals surface area contributed by atoms with Crippen molar-refractivity contribution in [3.05, 3.63) is 30.3 Å². The van der Waals surface area contributed by atoms with E-state index in [1.807, 2.05) is 35.2 Å². The SMILES string of the molecule is CC1CNC(=O)C(CC#N)N(c2ccccc2)C1. The molecule has 0 spiro atoms. The average molecular weight is 243 g/mol. The molecule has 2 atom stereocenters. The summed E-state index contributed by atoms with van der Waals surface area (Å²) < 4.78 is 0. The predicted octanol–water partition coefficient (Wildman–Crippen LogP) is 1.54. The summed E-state index contributed by atoms with van der Waals surface area (Å²) in [6.07, 6.45) is 0.216. The number of para-hydroxylation sites is 1. The van der Waals surface area contributed by atoms with Crippen molar-refractivity contribution in [2.45, 2.75) is 19.4 Å². The first kappa shape index (κ1) is 12.4. The maximum absolute atomic E-state index is 12.0. The predicted molar refractivity (Wildman–Crippen MR) is 70.0 cm³/mol. The van der Waals surface area contributed by atoms with Crippen LogP contribution < -0.4 is 10.2 Å². The van der Waals surface area contributed by atoms with E-state index in [0.717, 1.165) is 12.2 Å². The summed E-state index contributed by atoms with van der Waals surface area (Å²) in [4.78, 5) is 14.1. The van der Waals surface area contributed by atoms with Crippen LogP contribution in [0.5, 0.6) is 0 Å². The minimum Gasteiger partial charge on any atom is -0.358 e. The number of carbonyl (C=O) groups is 1. The molecule has 1 saturated heterocycles. The number of carbonyl (C=O) groups excluding carboxylic acids is 1. The summed E-state index contributed by atoms with van der Waals surface area (Å²) in [5.74, 6) is 0.322. The van der Waals surface area contributed by atoms with Crippen molar-refractivity contribution in [2.75, 3.05) is 18.0 Å². The van der Waals surface area contributed by atoms with Gasteiger partial charge in [0.15, 0.2) is 0 Å². The van der Waals surface area contributed by atoms with Gasteiger partial charge in [0.2, 0.25) is 5.91 Å². The van der Waals surface area contributed by atoms with Crippen LogP contribution in [-0.4, -0.2) is 25.0 Å². The molecule has 94 valence electrons. The van der Waals surface area contributed by atoms with Gasteiger partial charge < -0.3 is 10.2 Å². The third kappa shape index (κ3) is 2.62. The summed E-state index contributed by atoms with van der Waals surface area (Å²) in [7, 11) is 0. The average Bonchev–Trinajstić information content (AvgIpc) is 2.53. The van der Waals surface area contributed by atoms with Gasteiger partial charge in [-0.15, -0.1) is 0 Å². The topological polar surface area (TPSA) is 56.1 Å². The number of amides is 1. The molecular weight excluding hydrogens is 226 g/mol. The molecule has 1 aromatic carbocycles. The Kier molecular flexibility index (Phi) is 3.83. The van der Waals surface area contributed by atoms with Gasteiger partial charge in [-0.2, -0.15) is 5.26 Å². The smallest absolute Gasteiger partial charge is 0.243 e. The summed E-state index contributed by atoms with van der Waals surface area (Å²) in [5.41, 5.74) is 1.00. The molecule has 1 aliphatic rings. The fourth-order valence-corrected chi connectivity index (χ4v) is 2.26. The molecule has 1 aromatic rings. The number of nitrogens with zero attached hydrogens (tertiary/aromatic N) is 2. The van der Waals surface area contributed by atoms with E-state index < -0.39 is 0 Å². The van der Waals surface area contributed by atoms with Gasteiger partial charge in [-0.05, 0) is 18.1 Å². The van der Waals surface area contributed by atoms with E-state index in [2.05, 4.69) is 18.3 Å². The second-order valence-corrected chi connectivity index (χ2v) is 4.72. The zero-order chi connectivity index (χ0) is 13.0. The molecule has 1 N–H and O–H groups in total. The zero-order valence-corrected chi connectivity index (χ0v) is 10.5. The van der Waals surface area contributed by atoms with Crippen LogP contribution in [0.4, 0.5) is 5.69 Å². The number of rotatable bonds is 2. The van der Waals surface area contributed by atoms with Gasteiger partial charge in [0.05, 0.1) is 12.5 Å². The molecule has 0 bridgehead atoms. The number of anilines is 1. The second-order valence-electron chi connectivity index (χ2n) is 4.72. The Morgan fingerprint density at radius 1 is 1.44 bits per heavy atom. The summed E-state index contributed by atoms with van der Waals surface area (Å²) in [6, 6.07) is 11.5. The lowest BCUT2D eigenvalue weighted by Gasteiger charge is -2.30. The molecule has 0 saturated carbocycles. The van der Waals surface area contributed by atoms with Crippen LogP contribution in [0.1, 0.15) is 13.3 Å². The van der Waals surface area contributed by atoms with Crippen molar-refractivity contribution in [1.82, 2.24) is 5.32 Å². The molecule has 1 heterocycles. The minimum atomic E-state index is -0.387. The fourth-order valence-electron chi connectivity index (χ4n) is 2.26. The first-order chi connectivity index (χ1) is 8.72. The van der Waals surface area contributed by atoms with Crippen molar-refractivity contribution >= 4 is 11.6 Å². The van der Waals surface area contributed by atoms with Crippen molar-refractivity contribution in [1.29, 1.82) is 5.26 Å². The number of benzene rings is 1. The third-order valence-electron chi connectivity index (χ3n) is 3.18. The lowest BCUT2D eigenvalue weighted by molar-refractivity contribution is -0.122. The molecule has 2 unspecified atom stereocenters. The first-order valence-corrected chi connectivity index (χ1v) is 6.18. The van der Waals surface area contributed by atoms with Gasteiger partial charge in [-0.25, -0.2) is 0 Å². The van der Waals surface area contributed by atoms with Crippen LogP contribution in [0.2, 0.25) is 0 Å². The molecule has 4 heteroatoms. The highest BCUT2D eigenvalue weighted by Gasteiger charge is 2.30. The Balaban J connectivity index is 2.32. The van der Waals surface area contributed by atoms with Crippen LogP contribution in [-0.2, 0) is 4.79 Å². The van der Waals surface area contributed by atoms with Crippen LogP contribution in [0, 0.1) is 17.2 Å². The highest BCUT2D eigenvalue weighted by Crippen LogP contribution is 2.21. The molecule has 2 rings (SSSR count). The Morgan fingerprint density at radius 2 is 2.17 bits per heavy atom. The molecule has 0 radical (unpaired) electrons. The van der Waals surface area contributed by atoms with Gasteiger partial charge >= 0.3 is 0 Å². The Hall–Kier alpha value is -2.02. The Labute approximate surface area is 107 Å². The Bertz CT molecular complexity index is 452. The van der Waals surface area contributed by atoms with Gasteiger partial charge in [0.1, 0.15) is 6.04 Å². The lowest BCUT2D eigenvalue weighted by Crippen LogP contribution is -2.44. The summed E-state index contributed by atoms with van der Waals surface area (Å²) >= 11 is 0. The number of nitrogens with one attached hydrogen (secondary N) is 1. The molecule has 4 nitrogen and oxygen atoms in total. The van der Waals surface area contributed by atoms with E-state index in [1.165, 1.54) is 0 Å². The quantitative estimate of drug-likeness (QED) is 0.857. The Morgan fingerprint density at radius 3 is 2.83 bits per heavy atom. The van der Waals surface area contributed by atoms with E-state index in [0.29, 0.717) is 12.5 Å². The van der Waals surface area contributed by atoms with Crippen molar-refractivity contribution in [3.63, 3.8) is 0 Å². The van der Waals surface area contributed by atoms with E-state index >= 15 is 0 Å². The molecular formula is C14H17N3O. The van der Waals surface area contributed by atoms with E-state index in [9.17, 15) is 4.79 Å². The molecule has 0 aliphatic carbocycles. The summed E-state index contributed by atoms with van der Waals surface area (Å²) in [5, 5.41) is 11.8. The van der Waals surface area contributed by atoms with E-state index in [1.54, 1.807) is 0 Å². The lowest BCUT2D eigenvalue weighted by atomic mass is 10.1. The molecule has 0 aromatic heterocycles. The molecule has 1 aliphatic heterocycles. The molecule has 1 amide bonds. The van der Waals surface area contributed by atoms with Gasteiger partial charge in [-0.1, -0.05) is 25.1 Å². The maximum Gasteiger partial charge on any atom is 0.243 e. The number of hydrogen-bond acceptors (Lipinski definition) is 3. The largest absolute Gasteiger partial charge is 0.358 e. The molecule has 18 heavy (non-hydrogen) atoms. The monoisotopic (exact) mass is 243 g/mol. The third-order valence-corrected chi connectivity index (χ3v) is 3.18.